The Morgan fingerprint density at radius 2 is 2.22 bits per heavy atom. The zero-order valence-electron chi connectivity index (χ0n) is 11.7. The fraction of sp³-hybridized carbons (Fsp3) is 0.625. The van der Waals surface area contributed by atoms with Crippen molar-refractivity contribution < 1.29 is 4.39 Å². The highest BCUT2D eigenvalue weighted by Gasteiger charge is 2.39. The van der Waals surface area contributed by atoms with Crippen LogP contribution in [0.2, 0.25) is 0 Å². The molecule has 1 aromatic rings. The van der Waals surface area contributed by atoms with Gasteiger partial charge in [-0.05, 0) is 48.4 Å². The number of halogens is 1. The summed E-state index contributed by atoms with van der Waals surface area (Å²) in [5.41, 5.74) is 1.44. The molecule has 1 fully saturated rings. The van der Waals surface area contributed by atoms with Gasteiger partial charge in [-0.1, -0.05) is 39.3 Å². The van der Waals surface area contributed by atoms with Gasteiger partial charge in [-0.25, -0.2) is 4.39 Å². The van der Waals surface area contributed by atoms with E-state index in [1.807, 2.05) is 12.1 Å². The monoisotopic (exact) mass is 249 g/mol. The third-order valence-corrected chi connectivity index (χ3v) is 4.37. The highest BCUT2D eigenvalue weighted by molar-refractivity contribution is 5.22. The number of nitrogens with one attached hydrogen (secondary N) is 1. The van der Waals surface area contributed by atoms with Crippen molar-refractivity contribution in [2.45, 2.75) is 46.1 Å². The van der Waals surface area contributed by atoms with E-state index < -0.39 is 0 Å². The molecule has 0 spiro atoms. The van der Waals surface area contributed by atoms with Crippen LogP contribution in [0.15, 0.2) is 24.3 Å². The second-order valence-electron chi connectivity index (χ2n) is 6.08. The fourth-order valence-electron chi connectivity index (χ4n) is 3.38. The zero-order valence-corrected chi connectivity index (χ0v) is 11.7. The first-order chi connectivity index (χ1) is 8.54. The van der Waals surface area contributed by atoms with Gasteiger partial charge in [-0.3, -0.25) is 0 Å². The van der Waals surface area contributed by atoms with E-state index in [4.69, 9.17) is 0 Å². The first-order valence-electron chi connectivity index (χ1n) is 7.03. The van der Waals surface area contributed by atoms with E-state index in [9.17, 15) is 4.39 Å². The highest BCUT2D eigenvalue weighted by atomic mass is 19.1. The highest BCUT2D eigenvalue weighted by Crippen LogP contribution is 2.48. The average molecular weight is 249 g/mol. The van der Waals surface area contributed by atoms with Crippen LogP contribution in [-0.4, -0.2) is 6.54 Å². The first-order valence-corrected chi connectivity index (χ1v) is 7.03. The molecule has 0 amide bonds. The van der Waals surface area contributed by atoms with Crippen LogP contribution in [0, 0.1) is 17.2 Å². The summed E-state index contributed by atoms with van der Waals surface area (Å²) in [6.07, 6.45) is 3.80. The Morgan fingerprint density at radius 1 is 1.44 bits per heavy atom. The summed E-state index contributed by atoms with van der Waals surface area (Å²) in [4.78, 5) is 0. The van der Waals surface area contributed by atoms with Crippen LogP contribution < -0.4 is 5.32 Å². The summed E-state index contributed by atoms with van der Waals surface area (Å²) in [7, 11) is 0. The molecule has 0 saturated heterocycles. The van der Waals surface area contributed by atoms with Crippen LogP contribution in [0.1, 0.15) is 51.6 Å². The van der Waals surface area contributed by atoms with E-state index in [2.05, 4.69) is 26.1 Å². The molecule has 2 unspecified atom stereocenters. The Bertz CT molecular complexity index is 400. The van der Waals surface area contributed by atoms with Crippen molar-refractivity contribution >= 4 is 0 Å². The summed E-state index contributed by atoms with van der Waals surface area (Å²) in [6.45, 7) is 7.73. The van der Waals surface area contributed by atoms with Gasteiger partial charge in [0.05, 0.1) is 0 Å². The quantitative estimate of drug-likeness (QED) is 0.838. The fourth-order valence-corrected chi connectivity index (χ4v) is 3.38. The van der Waals surface area contributed by atoms with Crippen molar-refractivity contribution in [3.63, 3.8) is 0 Å². The van der Waals surface area contributed by atoms with E-state index in [0.717, 1.165) is 12.1 Å². The summed E-state index contributed by atoms with van der Waals surface area (Å²) in [5.74, 6) is 0.463. The lowest BCUT2D eigenvalue weighted by Crippen LogP contribution is -2.34. The standard InChI is InChI=1S/C16H24FN/c1-4-18-15(12-7-5-8-13(17)11-12)14-9-6-10-16(14,2)3/h5,7-8,11,14-15,18H,4,6,9-10H2,1-3H3. The molecule has 0 bridgehead atoms. The van der Waals surface area contributed by atoms with Crippen molar-refractivity contribution in [3.05, 3.63) is 35.6 Å². The molecule has 0 aromatic heterocycles. The van der Waals surface area contributed by atoms with Gasteiger partial charge in [0.1, 0.15) is 5.82 Å². The van der Waals surface area contributed by atoms with E-state index in [-0.39, 0.29) is 11.9 Å². The van der Waals surface area contributed by atoms with Gasteiger partial charge in [0, 0.05) is 6.04 Å². The molecular weight excluding hydrogens is 225 g/mol. The molecule has 1 aliphatic rings. The topological polar surface area (TPSA) is 12.0 Å². The maximum Gasteiger partial charge on any atom is 0.123 e. The second kappa shape index (κ2) is 5.40. The summed E-state index contributed by atoms with van der Waals surface area (Å²) < 4.78 is 13.4. The van der Waals surface area contributed by atoms with Gasteiger partial charge in [-0.2, -0.15) is 0 Å². The Labute approximate surface area is 110 Å². The second-order valence-corrected chi connectivity index (χ2v) is 6.08. The van der Waals surface area contributed by atoms with E-state index in [1.54, 1.807) is 6.07 Å². The lowest BCUT2D eigenvalue weighted by atomic mass is 9.75. The minimum Gasteiger partial charge on any atom is -0.310 e. The molecule has 1 aliphatic carbocycles. The molecule has 1 N–H and O–H groups in total. The molecule has 0 radical (unpaired) electrons. The van der Waals surface area contributed by atoms with E-state index >= 15 is 0 Å². The molecular formula is C16H24FN. The molecule has 2 rings (SSSR count). The van der Waals surface area contributed by atoms with Gasteiger partial charge in [0.25, 0.3) is 0 Å². The van der Waals surface area contributed by atoms with Crippen LogP contribution in [0.3, 0.4) is 0 Å². The number of hydrogen-bond donors (Lipinski definition) is 1. The maximum absolute atomic E-state index is 13.4. The maximum atomic E-state index is 13.4. The lowest BCUT2D eigenvalue weighted by Gasteiger charge is -2.35. The van der Waals surface area contributed by atoms with E-state index in [0.29, 0.717) is 11.3 Å². The summed E-state index contributed by atoms with van der Waals surface area (Å²) in [6, 6.07) is 7.35. The molecule has 0 heterocycles. The molecule has 2 atom stereocenters. The van der Waals surface area contributed by atoms with Crippen LogP contribution in [0.4, 0.5) is 4.39 Å². The Hall–Kier alpha value is -0.890. The van der Waals surface area contributed by atoms with Gasteiger partial charge in [0.2, 0.25) is 0 Å². The zero-order chi connectivity index (χ0) is 13.2. The van der Waals surface area contributed by atoms with Crippen LogP contribution >= 0.6 is 0 Å². The largest absolute Gasteiger partial charge is 0.310 e. The Balaban J connectivity index is 2.28. The van der Waals surface area contributed by atoms with Gasteiger partial charge in [-0.15, -0.1) is 0 Å². The smallest absolute Gasteiger partial charge is 0.123 e. The average Bonchev–Trinajstić information content (AvgIpc) is 2.66. The van der Waals surface area contributed by atoms with Gasteiger partial charge < -0.3 is 5.32 Å². The predicted molar refractivity (Wildman–Crippen MR) is 73.9 cm³/mol. The van der Waals surface area contributed by atoms with Crippen LogP contribution in [-0.2, 0) is 0 Å². The molecule has 1 nitrogen and oxygen atoms in total. The van der Waals surface area contributed by atoms with Gasteiger partial charge >= 0.3 is 0 Å². The number of rotatable bonds is 4. The predicted octanol–water partition coefficient (Wildman–Crippen LogP) is 4.30. The Morgan fingerprint density at radius 3 is 2.78 bits per heavy atom. The third-order valence-electron chi connectivity index (χ3n) is 4.37. The number of hydrogen-bond acceptors (Lipinski definition) is 1. The normalized spacial score (nSPS) is 24.1. The summed E-state index contributed by atoms with van der Waals surface area (Å²) in [5, 5.41) is 3.56. The van der Waals surface area contributed by atoms with Crippen molar-refractivity contribution in [3.8, 4) is 0 Å². The van der Waals surface area contributed by atoms with E-state index in [1.165, 1.54) is 25.3 Å². The molecule has 100 valence electrons. The molecule has 1 saturated carbocycles. The minimum atomic E-state index is -0.133. The van der Waals surface area contributed by atoms with Crippen LogP contribution in [0.5, 0.6) is 0 Å². The SMILES string of the molecule is CCNC(c1cccc(F)c1)C1CCCC1(C)C. The first kappa shape index (κ1) is 13.5. The number of benzene rings is 1. The molecule has 2 heteroatoms. The van der Waals surface area contributed by atoms with Crippen molar-refractivity contribution in [2.75, 3.05) is 6.54 Å². The van der Waals surface area contributed by atoms with Crippen molar-refractivity contribution in [1.29, 1.82) is 0 Å². The van der Waals surface area contributed by atoms with Crippen LogP contribution in [0.25, 0.3) is 0 Å². The van der Waals surface area contributed by atoms with Crippen molar-refractivity contribution in [2.24, 2.45) is 11.3 Å². The van der Waals surface area contributed by atoms with Crippen molar-refractivity contribution in [1.82, 2.24) is 5.32 Å². The molecule has 18 heavy (non-hydrogen) atoms. The molecule has 0 aliphatic heterocycles. The third kappa shape index (κ3) is 2.74. The Kier molecular flexibility index (Phi) is 4.06. The summed E-state index contributed by atoms with van der Waals surface area (Å²) >= 11 is 0. The minimum absolute atomic E-state index is 0.133. The molecule has 1 aromatic carbocycles. The van der Waals surface area contributed by atoms with Gasteiger partial charge in [0.15, 0.2) is 0 Å². The lowest BCUT2D eigenvalue weighted by molar-refractivity contribution is 0.199.